The maximum absolute atomic E-state index is 10.6. The molecule has 9 heteroatoms. The number of benzene rings is 1. The van der Waals surface area contributed by atoms with Crippen LogP contribution in [-0.2, 0) is 30.3 Å². The van der Waals surface area contributed by atoms with Gasteiger partial charge in [-0.05, 0) is 11.1 Å². The van der Waals surface area contributed by atoms with Crippen molar-refractivity contribution < 1.29 is 39.0 Å². The van der Waals surface area contributed by atoms with Crippen molar-refractivity contribution in [3.05, 3.63) is 35.4 Å². The maximum atomic E-state index is 10.6. The molecule has 0 spiro atoms. The van der Waals surface area contributed by atoms with Crippen LogP contribution in [0.4, 0.5) is 0 Å². The summed E-state index contributed by atoms with van der Waals surface area (Å²) in [4.78, 5) is 2.07. The minimum absolute atomic E-state index is 0.0369. The molecule has 0 unspecified atom stereocenters. The molecular formula is C23H39NO8. The van der Waals surface area contributed by atoms with Gasteiger partial charge >= 0.3 is 0 Å². The second kappa shape index (κ2) is 17.4. The van der Waals surface area contributed by atoms with E-state index in [2.05, 4.69) is 4.90 Å². The van der Waals surface area contributed by atoms with Gasteiger partial charge in [-0.1, -0.05) is 24.3 Å². The van der Waals surface area contributed by atoms with Crippen LogP contribution in [0.25, 0.3) is 0 Å². The fraction of sp³-hybridized carbons (Fsp3) is 0.739. The summed E-state index contributed by atoms with van der Waals surface area (Å²) < 4.78 is 27.6. The van der Waals surface area contributed by atoms with Gasteiger partial charge < -0.3 is 39.0 Å². The molecule has 3 N–H and O–H groups in total. The van der Waals surface area contributed by atoms with Gasteiger partial charge in [0.25, 0.3) is 0 Å². The molecule has 1 aliphatic rings. The average molecular weight is 458 g/mol. The van der Waals surface area contributed by atoms with Crippen molar-refractivity contribution in [2.45, 2.75) is 25.2 Å². The van der Waals surface area contributed by atoms with Gasteiger partial charge in [-0.3, -0.25) is 4.90 Å². The first-order valence-electron chi connectivity index (χ1n) is 11.4. The van der Waals surface area contributed by atoms with Gasteiger partial charge in [0.2, 0.25) is 0 Å². The van der Waals surface area contributed by atoms with E-state index in [0.717, 1.165) is 11.1 Å². The monoisotopic (exact) mass is 457 g/mol. The van der Waals surface area contributed by atoms with Crippen LogP contribution < -0.4 is 0 Å². The molecule has 0 saturated carbocycles. The highest BCUT2D eigenvalue weighted by Crippen LogP contribution is 2.19. The van der Waals surface area contributed by atoms with Crippen molar-refractivity contribution in [2.24, 2.45) is 0 Å². The van der Waals surface area contributed by atoms with Gasteiger partial charge in [0.15, 0.2) is 0 Å². The number of hydrogen-bond donors (Lipinski definition) is 3. The fourth-order valence-electron chi connectivity index (χ4n) is 3.27. The molecule has 0 radical (unpaired) electrons. The van der Waals surface area contributed by atoms with E-state index >= 15 is 0 Å². The zero-order valence-electron chi connectivity index (χ0n) is 18.9. The third kappa shape index (κ3) is 12.2. The Morgan fingerprint density at radius 1 is 0.688 bits per heavy atom. The van der Waals surface area contributed by atoms with E-state index in [4.69, 9.17) is 28.8 Å². The summed E-state index contributed by atoms with van der Waals surface area (Å²) in [6, 6.07) is 7.10. The largest absolute Gasteiger partial charge is 0.392 e. The quantitative estimate of drug-likeness (QED) is 0.558. The molecule has 2 rings (SSSR count). The van der Waals surface area contributed by atoms with Gasteiger partial charge in [-0.25, -0.2) is 0 Å². The maximum Gasteiger partial charge on any atom is 0.0815 e. The van der Waals surface area contributed by atoms with E-state index in [1.807, 2.05) is 0 Å². The molecule has 1 aromatic rings. The van der Waals surface area contributed by atoms with Crippen LogP contribution in [0.2, 0.25) is 0 Å². The number of β-amino-alcohol motifs (C(OH)–C–C–N with tert-alkyl or cyclic N) is 1. The van der Waals surface area contributed by atoms with E-state index in [1.165, 1.54) is 0 Å². The van der Waals surface area contributed by atoms with Gasteiger partial charge in [0.1, 0.15) is 0 Å². The number of aliphatic hydroxyl groups is 3. The summed E-state index contributed by atoms with van der Waals surface area (Å²) in [7, 11) is 0. The van der Waals surface area contributed by atoms with Gasteiger partial charge in [-0.2, -0.15) is 0 Å². The highest BCUT2D eigenvalue weighted by Gasteiger charge is 2.17. The van der Waals surface area contributed by atoms with E-state index < -0.39 is 12.2 Å². The third-order valence-corrected chi connectivity index (χ3v) is 5.10. The standard InChI is InChI=1S/C23H39NO8/c25-19-20-1-3-21(4-2-20)23(27)17-22(26)18-24-5-7-28-9-11-30-13-15-32-16-14-31-12-10-29-8-6-24/h1-4,22-23,25-27H,5-19H2/t22-,23+/m0/s1. The first kappa shape index (κ1) is 27.1. The first-order valence-corrected chi connectivity index (χ1v) is 11.4. The summed E-state index contributed by atoms with van der Waals surface area (Å²) in [5.74, 6) is 0. The Kier molecular flexibility index (Phi) is 14.7. The second-order valence-electron chi connectivity index (χ2n) is 7.67. The predicted octanol–water partition coefficient (Wildman–Crippen LogP) is 0.362. The molecule has 2 atom stereocenters. The van der Waals surface area contributed by atoms with E-state index in [0.29, 0.717) is 85.7 Å². The Balaban J connectivity index is 1.77. The van der Waals surface area contributed by atoms with Crippen LogP contribution in [0.15, 0.2) is 24.3 Å². The number of ether oxygens (including phenoxy) is 5. The van der Waals surface area contributed by atoms with Gasteiger partial charge in [0.05, 0.1) is 84.9 Å². The zero-order valence-corrected chi connectivity index (χ0v) is 18.9. The number of rotatable bonds is 6. The molecule has 0 amide bonds. The topological polar surface area (TPSA) is 110 Å². The summed E-state index contributed by atoms with van der Waals surface area (Å²) in [5, 5.41) is 30.2. The van der Waals surface area contributed by atoms with Crippen molar-refractivity contribution in [1.29, 1.82) is 0 Å². The molecule has 1 saturated heterocycles. The lowest BCUT2D eigenvalue weighted by Crippen LogP contribution is -2.38. The highest BCUT2D eigenvalue weighted by atomic mass is 16.6. The van der Waals surface area contributed by atoms with Crippen molar-refractivity contribution >= 4 is 0 Å². The molecule has 32 heavy (non-hydrogen) atoms. The van der Waals surface area contributed by atoms with E-state index in [-0.39, 0.29) is 13.0 Å². The van der Waals surface area contributed by atoms with Crippen LogP contribution in [0.3, 0.4) is 0 Å². The lowest BCUT2D eigenvalue weighted by atomic mass is 10.0. The summed E-state index contributed by atoms with van der Waals surface area (Å²) in [6.07, 6.45) is -1.25. The lowest BCUT2D eigenvalue weighted by molar-refractivity contribution is -0.0223. The molecule has 184 valence electrons. The average Bonchev–Trinajstić information content (AvgIpc) is 2.80. The van der Waals surface area contributed by atoms with Gasteiger partial charge in [-0.15, -0.1) is 0 Å². The Morgan fingerprint density at radius 2 is 1.12 bits per heavy atom. The first-order chi connectivity index (χ1) is 15.7. The second-order valence-corrected chi connectivity index (χ2v) is 7.67. The minimum atomic E-state index is -0.774. The summed E-state index contributed by atoms with van der Waals surface area (Å²) >= 11 is 0. The van der Waals surface area contributed by atoms with Crippen molar-refractivity contribution in [3.8, 4) is 0 Å². The number of nitrogens with zero attached hydrogens (tertiary/aromatic N) is 1. The number of aliphatic hydroxyl groups excluding tert-OH is 3. The smallest absolute Gasteiger partial charge is 0.0815 e. The Hall–Kier alpha value is -1.14. The highest BCUT2D eigenvalue weighted by molar-refractivity contribution is 5.23. The molecule has 1 aliphatic heterocycles. The molecule has 0 aromatic heterocycles. The van der Waals surface area contributed by atoms with Crippen LogP contribution in [0.5, 0.6) is 0 Å². The van der Waals surface area contributed by atoms with Crippen LogP contribution >= 0.6 is 0 Å². The van der Waals surface area contributed by atoms with Crippen molar-refractivity contribution in [3.63, 3.8) is 0 Å². The molecule has 1 fully saturated rings. The number of hydrogen-bond acceptors (Lipinski definition) is 9. The lowest BCUT2D eigenvalue weighted by Gasteiger charge is -2.26. The van der Waals surface area contributed by atoms with E-state index in [1.54, 1.807) is 24.3 Å². The molecule has 1 heterocycles. The molecule has 0 aliphatic carbocycles. The van der Waals surface area contributed by atoms with Crippen LogP contribution in [0.1, 0.15) is 23.7 Å². The Bertz CT molecular complexity index is 556. The third-order valence-electron chi connectivity index (χ3n) is 5.10. The zero-order chi connectivity index (χ0) is 22.9. The Labute approximate surface area is 190 Å². The molecule has 0 bridgehead atoms. The SMILES string of the molecule is OCc1ccc([C@H](O)C[C@H](O)CN2CCOCCOCCOCCOCCOCC2)cc1. The molecule has 1 aromatic carbocycles. The molecule has 9 nitrogen and oxygen atoms in total. The normalized spacial score (nSPS) is 21.3. The minimum Gasteiger partial charge on any atom is -0.392 e. The van der Waals surface area contributed by atoms with Crippen molar-refractivity contribution in [1.82, 2.24) is 4.90 Å². The van der Waals surface area contributed by atoms with Crippen LogP contribution in [0, 0.1) is 0 Å². The van der Waals surface area contributed by atoms with E-state index in [9.17, 15) is 10.2 Å². The van der Waals surface area contributed by atoms with Gasteiger partial charge in [0, 0.05) is 26.1 Å². The van der Waals surface area contributed by atoms with Crippen LogP contribution in [-0.4, -0.2) is 112 Å². The molecular weight excluding hydrogens is 418 g/mol. The summed E-state index contributed by atoms with van der Waals surface area (Å²) in [5.41, 5.74) is 1.51. The van der Waals surface area contributed by atoms with Crippen molar-refractivity contribution in [2.75, 3.05) is 85.7 Å². The fourth-order valence-corrected chi connectivity index (χ4v) is 3.27. The Morgan fingerprint density at radius 3 is 1.56 bits per heavy atom. The predicted molar refractivity (Wildman–Crippen MR) is 118 cm³/mol. The summed E-state index contributed by atoms with van der Waals surface area (Å²) in [6.45, 7) is 6.80.